The first-order valence-electron chi connectivity index (χ1n) is 5.02. The molecule has 0 aliphatic heterocycles. The summed E-state index contributed by atoms with van der Waals surface area (Å²) in [5.41, 5.74) is 0.620. The molecule has 2 aromatic rings. The number of methoxy groups -OCH3 is 1. The van der Waals surface area contributed by atoms with Gasteiger partial charge in [0.05, 0.1) is 22.3 Å². The lowest BCUT2D eigenvalue weighted by Gasteiger charge is -2.11. The van der Waals surface area contributed by atoms with Gasteiger partial charge in [-0.2, -0.15) is 0 Å². The molecule has 0 atom stereocenters. The minimum atomic E-state index is -0.361. The summed E-state index contributed by atoms with van der Waals surface area (Å²) in [5.74, 6) is 0.614. The van der Waals surface area contributed by atoms with E-state index in [1.165, 1.54) is 25.4 Å². The Labute approximate surface area is 117 Å². The number of nitrogens with one attached hydrogen (secondary N) is 1. The molecule has 0 amide bonds. The smallest absolute Gasteiger partial charge is 0.145 e. The zero-order valence-electron chi connectivity index (χ0n) is 9.38. The van der Waals surface area contributed by atoms with Crippen LogP contribution in [0.4, 0.5) is 15.9 Å². The normalized spacial score (nSPS) is 10.2. The van der Waals surface area contributed by atoms with E-state index in [9.17, 15) is 4.39 Å². The largest absolute Gasteiger partial charge is 0.494 e. The Kier molecular flexibility index (Phi) is 4.04. The lowest BCUT2D eigenvalue weighted by atomic mass is 10.3. The van der Waals surface area contributed by atoms with Gasteiger partial charge in [0, 0.05) is 12.3 Å². The molecule has 0 fully saturated rings. The lowest BCUT2D eigenvalue weighted by Crippen LogP contribution is -1.98. The van der Waals surface area contributed by atoms with E-state index in [0.717, 1.165) is 0 Å². The maximum absolute atomic E-state index is 13.1. The third kappa shape index (κ3) is 2.91. The average molecular weight is 332 g/mol. The molecular formula is C12H9BrClFN2O. The van der Waals surface area contributed by atoms with Crippen LogP contribution < -0.4 is 10.1 Å². The second-order valence-electron chi connectivity index (χ2n) is 3.45. The van der Waals surface area contributed by atoms with Crippen molar-refractivity contribution in [3.63, 3.8) is 0 Å². The molecule has 6 heteroatoms. The Bertz CT molecular complexity index is 580. The summed E-state index contributed by atoms with van der Waals surface area (Å²) in [4.78, 5) is 4.13. The van der Waals surface area contributed by atoms with E-state index >= 15 is 0 Å². The third-order valence-electron chi connectivity index (χ3n) is 2.22. The molecule has 18 heavy (non-hydrogen) atoms. The van der Waals surface area contributed by atoms with Gasteiger partial charge in [0.1, 0.15) is 17.4 Å². The maximum atomic E-state index is 13.1. The number of ether oxygens (including phenoxy) is 1. The molecule has 3 nitrogen and oxygen atoms in total. The van der Waals surface area contributed by atoms with E-state index in [0.29, 0.717) is 26.8 Å². The highest BCUT2D eigenvalue weighted by molar-refractivity contribution is 9.10. The van der Waals surface area contributed by atoms with E-state index < -0.39 is 0 Å². The molecule has 0 saturated heterocycles. The molecule has 0 spiro atoms. The highest BCUT2D eigenvalue weighted by atomic mass is 79.9. The molecule has 0 bridgehead atoms. The molecule has 2 rings (SSSR count). The second kappa shape index (κ2) is 5.54. The molecule has 1 heterocycles. The first-order valence-corrected chi connectivity index (χ1v) is 6.19. The van der Waals surface area contributed by atoms with Gasteiger partial charge < -0.3 is 10.1 Å². The highest BCUT2D eigenvalue weighted by Gasteiger charge is 2.08. The molecule has 0 saturated carbocycles. The van der Waals surface area contributed by atoms with Crippen molar-refractivity contribution in [2.75, 3.05) is 12.4 Å². The van der Waals surface area contributed by atoms with Crippen molar-refractivity contribution < 1.29 is 9.13 Å². The molecule has 0 aliphatic rings. The van der Waals surface area contributed by atoms with Crippen molar-refractivity contribution in [3.8, 4) is 5.75 Å². The monoisotopic (exact) mass is 330 g/mol. The van der Waals surface area contributed by atoms with Gasteiger partial charge in [-0.1, -0.05) is 11.6 Å². The number of anilines is 2. The van der Waals surface area contributed by atoms with E-state index in [-0.39, 0.29) is 5.82 Å². The van der Waals surface area contributed by atoms with Crippen molar-refractivity contribution in [1.29, 1.82) is 0 Å². The third-order valence-corrected chi connectivity index (χ3v) is 3.04. The zero-order valence-corrected chi connectivity index (χ0v) is 11.7. The van der Waals surface area contributed by atoms with E-state index in [4.69, 9.17) is 16.3 Å². The predicted molar refractivity (Wildman–Crippen MR) is 73.2 cm³/mol. The van der Waals surface area contributed by atoms with Gasteiger partial charge in [-0.05, 0) is 34.1 Å². The van der Waals surface area contributed by atoms with Gasteiger partial charge in [0.25, 0.3) is 0 Å². The van der Waals surface area contributed by atoms with Crippen molar-refractivity contribution in [2.45, 2.75) is 0 Å². The van der Waals surface area contributed by atoms with Crippen LogP contribution in [-0.4, -0.2) is 12.1 Å². The van der Waals surface area contributed by atoms with Crippen molar-refractivity contribution in [1.82, 2.24) is 4.98 Å². The van der Waals surface area contributed by atoms with E-state index in [1.807, 2.05) is 0 Å². The summed E-state index contributed by atoms with van der Waals surface area (Å²) in [5, 5.41) is 3.56. The number of halogens is 3. The minimum absolute atomic E-state index is 0.361. The summed E-state index contributed by atoms with van der Waals surface area (Å²) in [6.07, 6.45) is 1.52. The highest BCUT2D eigenvalue weighted by Crippen LogP contribution is 2.31. The van der Waals surface area contributed by atoms with Crippen LogP contribution in [0, 0.1) is 5.82 Å². The Hall–Kier alpha value is -1.33. The van der Waals surface area contributed by atoms with Crippen LogP contribution in [0.25, 0.3) is 0 Å². The van der Waals surface area contributed by atoms with Crippen LogP contribution in [-0.2, 0) is 0 Å². The quantitative estimate of drug-likeness (QED) is 0.906. The van der Waals surface area contributed by atoms with E-state index in [2.05, 4.69) is 26.2 Å². The van der Waals surface area contributed by atoms with Gasteiger partial charge in [-0.15, -0.1) is 0 Å². The molecular weight excluding hydrogens is 322 g/mol. The molecule has 0 aliphatic carbocycles. The van der Waals surface area contributed by atoms with Crippen molar-refractivity contribution in [2.24, 2.45) is 0 Å². The number of hydrogen-bond donors (Lipinski definition) is 1. The van der Waals surface area contributed by atoms with Gasteiger partial charge in [-0.25, -0.2) is 9.37 Å². The molecule has 0 radical (unpaired) electrons. The molecule has 1 aromatic heterocycles. The standard InChI is InChI=1S/C12H9BrClFN2O/c1-18-11-5-8(15)2-3-10(11)17-12-9(13)4-7(14)6-16-12/h2-6H,1H3,(H,16,17). The SMILES string of the molecule is COc1cc(F)ccc1Nc1ncc(Cl)cc1Br. The lowest BCUT2D eigenvalue weighted by molar-refractivity contribution is 0.413. The maximum Gasteiger partial charge on any atom is 0.145 e. The number of benzene rings is 1. The number of pyridine rings is 1. The van der Waals surface area contributed by atoms with Crippen LogP contribution >= 0.6 is 27.5 Å². The van der Waals surface area contributed by atoms with Crippen LogP contribution in [0.2, 0.25) is 5.02 Å². The van der Waals surface area contributed by atoms with Gasteiger partial charge >= 0.3 is 0 Å². The summed E-state index contributed by atoms with van der Waals surface area (Å²) >= 11 is 9.15. The first-order chi connectivity index (χ1) is 8.60. The summed E-state index contributed by atoms with van der Waals surface area (Å²) in [7, 11) is 1.48. The number of aromatic nitrogens is 1. The van der Waals surface area contributed by atoms with Crippen LogP contribution in [0.5, 0.6) is 5.75 Å². The fourth-order valence-electron chi connectivity index (χ4n) is 1.40. The van der Waals surface area contributed by atoms with Crippen molar-refractivity contribution in [3.05, 3.63) is 45.8 Å². The fourth-order valence-corrected chi connectivity index (χ4v) is 2.14. The van der Waals surface area contributed by atoms with Gasteiger partial charge in [0.15, 0.2) is 0 Å². The van der Waals surface area contributed by atoms with Crippen LogP contribution in [0.15, 0.2) is 34.9 Å². The van der Waals surface area contributed by atoms with Crippen molar-refractivity contribution >= 4 is 39.0 Å². The van der Waals surface area contributed by atoms with Crippen LogP contribution in [0.1, 0.15) is 0 Å². The molecule has 0 unspecified atom stereocenters. The number of nitrogens with zero attached hydrogens (tertiary/aromatic N) is 1. The van der Waals surface area contributed by atoms with Gasteiger partial charge in [0.2, 0.25) is 0 Å². The summed E-state index contributed by atoms with van der Waals surface area (Å²) < 4.78 is 18.9. The summed E-state index contributed by atoms with van der Waals surface area (Å²) in [6, 6.07) is 5.94. The first kappa shape index (κ1) is 13.1. The topological polar surface area (TPSA) is 34.1 Å². The Balaban J connectivity index is 2.33. The number of hydrogen-bond acceptors (Lipinski definition) is 3. The van der Waals surface area contributed by atoms with Gasteiger partial charge in [-0.3, -0.25) is 0 Å². The molecule has 1 aromatic carbocycles. The van der Waals surface area contributed by atoms with Crippen LogP contribution in [0.3, 0.4) is 0 Å². The Morgan fingerprint density at radius 2 is 2.17 bits per heavy atom. The Morgan fingerprint density at radius 3 is 2.83 bits per heavy atom. The average Bonchev–Trinajstić information content (AvgIpc) is 2.34. The minimum Gasteiger partial charge on any atom is -0.494 e. The second-order valence-corrected chi connectivity index (χ2v) is 4.74. The Morgan fingerprint density at radius 1 is 1.39 bits per heavy atom. The molecule has 1 N–H and O–H groups in total. The predicted octanol–water partition coefficient (Wildman–Crippen LogP) is 4.39. The molecule has 94 valence electrons. The van der Waals surface area contributed by atoms with E-state index in [1.54, 1.807) is 12.1 Å². The summed E-state index contributed by atoms with van der Waals surface area (Å²) in [6.45, 7) is 0. The fraction of sp³-hybridized carbons (Fsp3) is 0.0833. The number of rotatable bonds is 3. The zero-order chi connectivity index (χ0) is 13.1.